The van der Waals surface area contributed by atoms with E-state index >= 15 is 0 Å². The molecule has 6 nitrogen and oxygen atoms in total. The third-order valence-electron chi connectivity index (χ3n) is 3.34. The van der Waals surface area contributed by atoms with Crippen molar-refractivity contribution < 1.29 is 8.42 Å². The van der Waals surface area contributed by atoms with E-state index in [0.717, 1.165) is 19.5 Å². The van der Waals surface area contributed by atoms with Gasteiger partial charge in [-0.3, -0.25) is 4.68 Å². The maximum absolute atomic E-state index is 12.3. The first-order valence-electron chi connectivity index (χ1n) is 6.29. The highest BCUT2D eigenvalue weighted by Gasteiger charge is 2.28. The fourth-order valence-electron chi connectivity index (χ4n) is 2.24. The fraction of sp³-hybridized carbons (Fsp3) is 0.727. The van der Waals surface area contributed by atoms with E-state index in [-0.39, 0.29) is 23.5 Å². The molecule has 110 valence electrons. The highest BCUT2D eigenvalue weighted by Crippen LogP contribution is 2.15. The van der Waals surface area contributed by atoms with Crippen molar-refractivity contribution in [1.29, 1.82) is 0 Å². The number of aryl methyl sites for hydroxylation is 1. The predicted molar refractivity (Wildman–Crippen MR) is 75.9 cm³/mol. The van der Waals surface area contributed by atoms with Gasteiger partial charge in [0.15, 0.2) is 5.03 Å². The maximum atomic E-state index is 12.3. The molecule has 0 spiro atoms. The van der Waals surface area contributed by atoms with Crippen LogP contribution >= 0.6 is 12.4 Å². The summed E-state index contributed by atoms with van der Waals surface area (Å²) >= 11 is 0. The van der Waals surface area contributed by atoms with Crippen molar-refractivity contribution in [3.63, 3.8) is 0 Å². The fourth-order valence-corrected chi connectivity index (χ4v) is 3.80. The number of piperidine rings is 1. The van der Waals surface area contributed by atoms with Gasteiger partial charge in [0.25, 0.3) is 10.0 Å². The second kappa shape index (κ2) is 6.69. The lowest BCUT2D eigenvalue weighted by Crippen LogP contribution is -2.48. The summed E-state index contributed by atoms with van der Waals surface area (Å²) in [4.78, 5) is 0. The Morgan fingerprint density at radius 1 is 1.58 bits per heavy atom. The van der Waals surface area contributed by atoms with Crippen LogP contribution in [0.4, 0.5) is 0 Å². The van der Waals surface area contributed by atoms with Gasteiger partial charge in [-0.2, -0.15) is 5.10 Å². The summed E-state index contributed by atoms with van der Waals surface area (Å²) in [6, 6.07) is 1.54. The molecule has 8 heteroatoms. The molecule has 2 rings (SSSR count). The third kappa shape index (κ3) is 3.68. The molecule has 1 fully saturated rings. The Morgan fingerprint density at radius 2 is 2.32 bits per heavy atom. The molecule has 1 aliphatic heterocycles. The summed E-state index contributed by atoms with van der Waals surface area (Å²) in [5.41, 5.74) is 0. The van der Waals surface area contributed by atoms with E-state index in [4.69, 9.17) is 0 Å². The van der Waals surface area contributed by atoms with Crippen LogP contribution in [0.2, 0.25) is 0 Å². The van der Waals surface area contributed by atoms with Gasteiger partial charge in [-0.15, -0.1) is 12.4 Å². The predicted octanol–water partition coefficient (Wildman–Crippen LogP) is 0.601. The van der Waals surface area contributed by atoms with Gasteiger partial charge in [-0.05, 0) is 38.4 Å². The molecule has 0 bridgehead atoms. The monoisotopic (exact) mass is 308 g/mol. The van der Waals surface area contributed by atoms with E-state index in [2.05, 4.69) is 22.1 Å². The minimum absolute atomic E-state index is 0. The first-order chi connectivity index (χ1) is 8.54. The molecular formula is C11H21ClN4O2S. The molecule has 2 unspecified atom stereocenters. The molecule has 1 aliphatic rings. The minimum atomic E-state index is -3.47. The zero-order valence-electron chi connectivity index (χ0n) is 11.2. The normalized spacial score (nSPS) is 23.9. The van der Waals surface area contributed by atoms with E-state index in [1.807, 2.05) is 6.92 Å². The number of sulfonamides is 1. The van der Waals surface area contributed by atoms with Gasteiger partial charge in [0.2, 0.25) is 0 Å². The second-order valence-electron chi connectivity index (χ2n) is 4.68. The lowest BCUT2D eigenvalue weighted by molar-refractivity contribution is 0.327. The first kappa shape index (κ1) is 16.4. The molecule has 2 N–H and O–H groups in total. The van der Waals surface area contributed by atoms with Gasteiger partial charge in [0.1, 0.15) is 0 Å². The lowest BCUT2D eigenvalue weighted by atomic mass is 9.97. The Kier molecular flexibility index (Phi) is 5.79. The highest BCUT2D eigenvalue weighted by atomic mass is 35.5. The molecule has 19 heavy (non-hydrogen) atoms. The van der Waals surface area contributed by atoms with Crippen LogP contribution in [-0.4, -0.2) is 37.3 Å². The van der Waals surface area contributed by atoms with Gasteiger partial charge in [-0.1, -0.05) is 6.92 Å². The molecule has 0 saturated carbocycles. The summed E-state index contributed by atoms with van der Waals surface area (Å²) in [5, 5.41) is 7.50. The molecule has 0 aliphatic carbocycles. The Morgan fingerprint density at radius 3 is 2.95 bits per heavy atom. The van der Waals surface area contributed by atoms with Gasteiger partial charge in [0.05, 0.1) is 6.20 Å². The molecule has 0 radical (unpaired) electrons. The van der Waals surface area contributed by atoms with Crippen LogP contribution in [0.25, 0.3) is 0 Å². The van der Waals surface area contributed by atoms with E-state index in [0.29, 0.717) is 12.5 Å². The van der Waals surface area contributed by atoms with Crippen LogP contribution in [0, 0.1) is 5.92 Å². The van der Waals surface area contributed by atoms with Gasteiger partial charge in [0, 0.05) is 12.6 Å². The van der Waals surface area contributed by atoms with E-state index in [9.17, 15) is 8.42 Å². The maximum Gasteiger partial charge on any atom is 0.257 e. The molecule has 1 aromatic rings. The number of nitrogens with one attached hydrogen (secondary N) is 2. The van der Waals surface area contributed by atoms with Crippen LogP contribution in [0.1, 0.15) is 20.3 Å². The van der Waals surface area contributed by atoms with Crippen molar-refractivity contribution in [3.8, 4) is 0 Å². The quantitative estimate of drug-likeness (QED) is 0.854. The van der Waals surface area contributed by atoms with Gasteiger partial charge in [-0.25, -0.2) is 13.1 Å². The Balaban J connectivity index is 0.00000180. The van der Waals surface area contributed by atoms with Crippen molar-refractivity contribution in [2.24, 2.45) is 5.92 Å². The Hall–Kier alpha value is -0.630. The summed E-state index contributed by atoms with van der Waals surface area (Å²) < 4.78 is 28.9. The summed E-state index contributed by atoms with van der Waals surface area (Å²) in [6.45, 7) is 6.17. The minimum Gasteiger partial charge on any atom is -0.316 e. The number of rotatable bonds is 4. The van der Waals surface area contributed by atoms with Crippen molar-refractivity contribution >= 4 is 22.4 Å². The first-order valence-corrected chi connectivity index (χ1v) is 7.77. The SMILES string of the molecule is CCn1nccc1S(=O)(=O)NC1CCNCC1C.Cl. The van der Waals surface area contributed by atoms with Crippen molar-refractivity contribution in [2.45, 2.75) is 37.9 Å². The molecule has 2 atom stereocenters. The average Bonchev–Trinajstić information content (AvgIpc) is 2.81. The number of hydrogen-bond acceptors (Lipinski definition) is 4. The standard InChI is InChI=1S/C11H20N4O2S.ClH/c1-3-15-11(5-7-13-15)18(16,17)14-10-4-6-12-8-9(10)2;/h5,7,9-10,12,14H,3-4,6,8H2,1-2H3;1H. The molecule has 0 aromatic carbocycles. The number of hydrogen-bond donors (Lipinski definition) is 2. The van der Waals surface area contributed by atoms with E-state index < -0.39 is 10.0 Å². The zero-order chi connectivity index (χ0) is 13.2. The van der Waals surface area contributed by atoms with Crippen LogP contribution in [0.3, 0.4) is 0 Å². The van der Waals surface area contributed by atoms with Crippen LogP contribution < -0.4 is 10.0 Å². The highest BCUT2D eigenvalue weighted by molar-refractivity contribution is 7.89. The lowest BCUT2D eigenvalue weighted by Gasteiger charge is -2.29. The molecule has 0 amide bonds. The molecular weight excluding hydrogens is 288 g/mol. The molecule has 1 aromatic heterocycles. The summed E-state index contributed by atoms with van der Waals surface area (Å²) in [7, 11) is -3.47. The smallest absolute Gasteiger partial charge is 0.257 e. The molecule has 2 heterocycles. The number of aromatic nitrogens is 2. The summed E-state index contributed by atoms with van der Waals surface area (Å²) in [6.07, 6.45) is 2.34. The van der Waals surface area contributed by atoms with Gasteiger partial charge < -0.3 is 5.32 Å². The third-order valence-corrected chi connectivity index (χ3v) is 4.85. The van der Waals surface area contributed by atoms with E-state index in [1.165, 1.54) is 16.9 Å². The largest absolute Gasteiger partial charge is 0.316 e. The topological polar surface area (TPSA) is 76.0 Å². The van der Waals surface area contributed by atoms with E-state index in [1.54, 1.807) is 0 Å². The van der Waals surface area contributed by atoms with Crippen molar-refractivity contribution in [2.75, 3.05) is 13.1 Å². The molecule has 1 saturated heterocycles. The average molecular weight is 309 g/mol. The number of nitrogens with zero attached hydrogens (tertiary/aromatic N) is 2. The van der Waals surface area contributed by atoms with Crippen LogP contribution in [0.15, 0.2) is 17.3 Å². The Bertz CT molecular complexity index is 503. The van der Waals surface area contributed by atoms with Gasteiger partial charge >= 0.3 is 0 Å². The summed E-state index contributed by atoms with van der Waals surface area (Å²) in [5.74, 6) is 0.298. The number of halogens is 1. The van der Waals surface area contributed by atoms with Crippen LogP contribution in [0.5, 0.6) is 0 Å². The van der Waals surface area contributed by atoms with Crippen molar-refractivity contribution in [1.82, 2.24) is 19.8 Å². The Labute approximate surface area is 120 Å². The van der Waals surface area contributed by atoms with Crippen molar-refractivity contribution in [3.05, 3.63) is 12.3 Å². The van der Waals surface area contributed by atoms with Crippen LogP contribution in [-0.2, 0) is 16.6 Å². The zero-order valence-corrected chi connectivity index (χ0v) is 12.8. The second-order valence-corrected chi connectivity index (χ2v) is 6.34.